The summed E-state index contributed by atoms with van der Waals surface area (Å²) in [7, 11) is 0. The van der Waals surface area contributed by atoms with E-state index in [2.05, 4.69) is 66.9 Å². The maximum Gasteiger partial charge on any atom is 0.161 e. The van der Waals surface area contributed by atoms with Crippen LogP contribution >= 0.6 is 11.6 Å². The molecule has 4 aromatic rings. The van der Waals surface area contributed by atoms with Gasteiger partial charge in [0.25, 0.3) is 0 Å². The van der Waals surface area contributed by atoms with Crippen molar-refractivity contribution in [1.82, 2.24) is 0 Å². The van der Waals surface area contributed by atoms with Crippen molar-refractivity contribution in [2.75, 3.05) is 11.9 Å². The van der Waals surface area contributed by atoms with Gasteiger partial charge in [0.1, 0.15) is 6.61 Å². The van der Waals surface area contributed by atoms with Crippen LogP contribution in [0.1, 0.15) is 53.1 Å². The minimum absolute atomic E-state index is 0.279. The predicted molar refractivity (Wildman–Crippen MR) is 165 cm³/mol. The molecule has 0 spiro atoms. The van der Waals surface area contributed by atoms with Crippen LogP contribution in [0, 0.1) is 12.8 Å². The van der Waals surface area contributed by atoms with Gasteiger partial charge in [-0.2, -0.15) is 0 Å². The molecule has 0 aromatic heterocycles. The van der Waals surface area contributed by atoms with Gasteiger partial charge in [-0.25, -0.2) is 0 Å². The molecule has 1 aliphatic heterocycles. The Bertz CT molecular complexity index is 1560. The largest absolute Gasteiger partial charge is 0.490 e. The molecule has 0 radical (unpaired) electrons. The second-order valence-corrected chi connectivity index (χ2v) is 10.9. The van der Waals surface area contributed by atoms with E-state index in [0.29, 0.717) is 41.6 Å². The van der Waals surface area contributed by atoms with Gasteiger partial charge in [0.05, 0.1) is 18.3 Å². The highest BCUT2D eigenvalue weighted by Crippen LogP contribution is 2.50. The molecule has 1 aliphatic carbocycles. The third-order valence-corrected chi connectivity index (χ3v) is 7.92. The first-order valence-electron chi connectivity index (χ1n) is 13.9. The molecule has 1 heterocycles. The van der Waals surface area contributed by atoms with E-state index in [9.17, 15) is 0 Å². The number of hydrogen-bond acceptors (Lipinski definition) is 4. The van der Waals surface area contributed by atoms with Crippen LogP contribution in [0.25, 0.3) is 0 Å². The normalized spacial score (nSPS) is 19.2. The minimum Gasteiger partial charge on any atom is -0.490 e. The molecule has 0 amide bonds. The molecule has 1 N–H and O–H groups in total. The summed E-state index contributed by atoms with van der Waals surface area (Å²) in [6, 6.07) is 29.2. The fourth-order valence-electron chi connectivity index (χ4n) is 5.74. The van der Waals surface area contributed by atoms with Crippen LogP contribution in [0.5, 0.6) is 11.5 Å². The lowest BCUT2D eigenvalue weighted by atomic mass is 9.76. The topological polar surface area (TPSA) is 42.8 Å². The smallest absolute Gasteiger partial charge is 0.161 e. The van der Waals surface area contributed by atoms with Crippen molar-refractivity contribution >= 4 is 29.2 Å². The Balaban J connectivity index is 1.15. The molecule has 0 fully saturated rings. The monoisotopic (exact) mass is 548 g/mol. The number of rotatable bonds is 8. The molecule has 6 rings (SSSR count). The van der Waals surface area contributed by atoms with E-state index in [-0.39, 0.29) is 6.04 Å². The molecule has 3 atom stereocenters. The maximum absolute atomic E-state index is 6.11. The lowest BCUT2D eigenvalue weighted by Crippen LogP contribution is -2.29. The van der Waals surface area contributed by atoms with Crippen LogP contribution in [-0.2, 0) is 6.61 Å². The molecule has 0 unspecified atom stereocenters. The van der Waals surface area contributed by atoms with Gasteiger partial charge in [0.2, 0.25) is 0 Å². The number of aliphatic imine (C=N–C) groups is 1. The third kappa shape index (κ3) is 5.64. The molecular weight excluding hydrogens is 516 g/mol. The van der Waals surface area contributed by atoms with Crippen molar-refractivity contribution < 1.29 is 9.47 Å². The summed E-state index contributed by atoms with van der Waals surface area (Å²) in [4.78, 5) is 4.74. The predicted octanol–water partition coefficient (Wildman–Crippen LogP) is 9.20. The van der Waals surface area contributed by atoms with Gasteiger partial charge in [0, 0.05) is 22.8 Å². The van der Waals surface area contributed by atoms with Crippen LogP contribution in [0.15, 0.2) is 102 Å². The van der Waals surface area contributed by atoms with Crippen molar-refractivity contribution in [3.05, 3.63) is 130 Å². The Morgan fingerprint density at radius 3 is 2.65 bits per heavy atom. The Labute approximate surface area is 241 Å². The number of fused-ring (bicyclic) bond motifs is 3. The van der Waals surface area contributed by atoms with Crippen LogP contribution < -0.4 is 14.8 Å². The first-order chi connectivity index (χ1) is 19.6. The number of nitrogens with one attached hydrogen (secondary N) is 1. The molecule has 0 saturated carbocycles. The van der Waals surface area contributed by atoms with Crippen molar-refractivity contribution in [2.45, 2.75) is 38.8 Å². The fourth-order valence-corrected chi connectivity index (χ4v) is 5.95. The molecule has 40 heavy (non-hydrogen) atoms. The molecule has 4 aromatic carbocycles. The Morgan fingerprint density at radius 1 is 0.950 bits per heavy atom. The van der Waals surface area contributed by atoms with E-state index in [0.717, 1.165) is 23.2 Å². The van der Waals surface area contributed by atoms with E-state index in [1.54, 1.807) is 0 Å². The van der Waals surface area contributed by atoms with E-state index < -0.39 is 0 Å². The standard InChI is InChI=1S/C35H33ClN2O2/c1-3-39-34-20-24(11-17-33(34)40-22-25-6-4-7-27(36)19-25)21-37-28-14-12-26(13-15-28)35-30-9-5-8-29(30)31-18-23(2)10-16-32(31)38-35/h4-8,10-21,29-30,35,38H,3,9,22H2,1-2H3/t29-,30+,35+/m1/s1. The van der Waals surface area contributed by atoms with E-state index in [1.165, 1.54) is 22.4 Å². The van der Waals surface area contributed by atoms with Gasteiger partial charge in [-0.05, 0) is 97.0 Å². The van der Waals surface area contributed by atoms with Gasteiger partial charge >= 0.3 is 0 Å². The third-order valence-electron chi connectivity index (χ3n) is 7.68. The molecule has 0 bridgehead atoms. The summed E-state index contributed by atoms with van der Waals surface area (Å²) >= 11 is 6.11. The highest BCUT2D eigenvalue weighted by atomic mass is 35.5. The van der Waals surface area contributed by atoms with Crippen molar-refractivity contribution in [1.29, 1.82) is 0 Å². The number of anilines is 1. The minimum atomic E-state index is 0.279. The summed E-state index contributed by atoms with van der Waals surface area (Å²) in [6.45, 7) is 5.10. The average Bonchev–Trinajstić information content (AvgIpc) is 3.46. The van der Waals surface area contributed by atoms with Crippen molar-refractivity contribution in [2.24, 2.45) is 10.9 Å². The summed E-state index contributed by atoms with van der Waals surface area (Å²) in [5.74, 6) is 2.39. The zero-order chi connectivity index (χ0) is 27.5. The SMILES string of the molecule is CCOc1cc(C=Nc2ccc([C@@H]3Nc4ccc(C)cc4[C@@H]4C=CC[C@@H]43)cc2)ccc1OCc1cccc(Cl)c1. The van der Waals surface area contributed by atoms with E-state index in [4.69, 9.17) is 26.1 Å². The Morgan fingerprint density at radius 2 is 1.82 bits per heavy atom. The van der Waals surface area contributed by atoms with Gasteiger partial charge < -0.3 is 14.8 Å². The first kappa shape index (κ1) is 26.2. The lowest BCUT2D eigenvalue weighted by molar-refractivity contribution is 0.269. The van der Waals surface area contributed by atoms with Crippen LogP contribution in [0.2, 0.25) is 5.02 Å². The van der Waals surface area contributed by atoms with Crippen molar-refractivity contribution in [3.63, 3.8) is 0 Å². The number of aryl methyl sites for hydroxylation is 1. The van der Waals surface area contributed by atoms with Gasteiger partial charge in [0.15, 0.2) is 11.5 Å². The lowest BCUT2D eigenvalue weighted by Gasteiger charge is -2.37. The first-order valence-corrected chi connectivity index (χ1v) is 14.3. The highest BCUT2D eigenvalue weighted by molar-refractivity contribution is 6.30. The second-order valence-electron chi connectivity index (χ2n) is 10.5. The average molecular weight is 549 g/mol. The van der Waals surface area contributed by atoms with E-state index in [1.807, 2.05) is 55.6 Å². The number of ether oxygens (including phenoxy) is 2. The summed E-state index contributed by atoms with van der Waals surface area (Å²) in [6.07, 6.45) is 7.69. The van der Waals surface area contributed by atoms with Crippen LogP contribution in [-0.4, -0.2) is 12.8 Å². The zero-order valence-electron chi connectivity index (χ0n) is 22.8. The number of benzene rings is 4. The van der Waals surface area contributed by atoms with Gasteiger partial charge in [-0.1, -0.05) is 65.7 Å². The number of allylic oxidation sites excluding steroid dienone is 2. The molecule has 5 heteroatoms. The summed E-state index contributed by atoms with van der Waals surface area (Å²) in [5.41, 5.74) is 8.14. The molecule has 202 valence electrons. The molecular formula is C35H33ClN2O2. The summed E-state index contributed by atoms with van der Waals surface area (Å²) < 4.78 is 11.9. The summed E-state index contributed by atoms with van der Waals surface area (Å²) in [5, 5.41) is 4.52. The number of nitrogens with zero attached hydrogens (tertiary/aromatic N) is 1. The zero-order valence-corrected chi connectivity index (χ0v) is 23.6. The number of halogens is 1. The van der Waals surface area contributed by atoms with Crippen molar-refractivity contribution in [3.8, 4) is 11.5 Å². The quantitative estimate of drug-likeness (QED) is 0.176. The Hall–Kier alpha value is -4.02. The maximum atomic E-state index is 6.11. The van der Waals surface area contributed by atoms with E-state index >= 15 is 0 Å². The fraction of sp³-hybridized carbons (Fsp3) is 0.229. The molecule has 2 aliphatic rings. The van der Waals surface area contributed by atoms with Gasteiger partial charge in [-0.3, -0.25) is 4.99 Å². The van der Waals surface area contributed by atoms with Crippen LogP contribution in [0.4, 0.5) is 11.4 Å². The van der Waals surface area contributed by atoms with Crippen LogP contribution in [0.3, 0.4) is 0 Å². The highest BCUT2D eigenvalue weighted by Gasteiger charge is 2.37. The Kier molecular flexibility index (Phi) is 7.61. The second kappa shape index (κ2) is 11.6. The molecule has 0 saturated heterocycles. The number of hydrogen-bond donors (Lipinski definition) is 1. The van der Waals surface area contributed by atoms with Gasteiger partial charge in [-0.15, -0.1) is 0 Å². The molecule has 4 nitrogen and oxygen atoms in total.